The Labute approximate surface area is 249 Å². The van der Waals surface area contributed by atoms with E-state index < -0.39 is 0 Å². The number of pyridine rings is 2. The molecule has 0 saturated carbocycles. The van der Waals surface area contributed by atoms with Crippen molar-refractivity contribution >= 4 is 67.7 Å². The van der Waals surface area contributed by atoms with Gasteiger partial charge in [0.1, 0.15) is 0 Å². The number of carbonyl (C=O) groups is 2. The molecule has 0 aliphatic heterocycles. The Hall–Kier alpha value is -5.18. The summed E-state index contributed by atoms with van der Waals surface area (Å²) in [6.45, 7) is 0. The molecule has 0 aliphatic rings. The monoisotopic (exact) mass is 582 g/mol. The van der Waals surface area contributed by atoms with Crippen LogP contribution in [0.1, 0.15) is 20.7 Å². The minimum absolute atomic E-state index is 0.254. The van der Waals surface area contributed by atoms with E-state index in [1.165, 1.54) is 0 Å². The minimum atomic E-state index is -0.254. The Kier molecular flexibility index (Phi) is 6.75. The number of hydrogen-bond donors (Lipinski definition) is 2. The molecule has 6 nitrogen and oxygen atoms in total. The van der Waals surface area contributed by atoms with Crippen molar-refractivity contribution in [1.82, 2.24) is 9.97 Å². The Morgan fingerprint density at radius 1 is 0.524 bits per heavy atom. The standard InChI is InChI=1S/C34H22N4O2S2/c39-33(25-19-29(31-14-6-16-41-31)37-27-12-3-1-10-23(25)27)35-21-8-5-9-22(18-21)36-34(40)26-20-30(32-15-7-17-42-32)38-28-13-4-2-11-24(26)28/h1-20H,(H,35,39)(H,36,40). The van der Waals surface area contributed by atoms with Gasteiger partial charge in [0.05, 0.1) is 43.3 Å². The first kappa shape index (κ1) is 25.8. The Morgan fingerprint density at radius 3 is 1.45 bits per heavy atom. The Balaban J connectivity index is 1.17. The van der Waals surface area contributed by atoms with Gasteiger partial charge in [-0.3, -0.25) is 9.59 Å². The zero-order valence-electron chi connectivity index (χ0n) is 22.1. The number of aromatic nitrogens is 2. The van der Waals surface area contributed by atoms with Crippen LogP contribution in [0.4, 0.5) is 11.4 Å². The van der Waals surface area contributed by atoms with E-state index in [1.807, 2.05) is 95.7 Å². The number of rotatable bonds is 6. The molecule has 0 bridgehead atoms. The molecule has 202 valence electrons. The largest absolute Gasteiger partial charge is 0.322 e. The zero-order chi connectivity index (χ0) is 28.5. The maximum Gasteiger partial charge on any atom is 0.256 e. The van der Waals surface area contributed by atoms with Gasteiger partial charge in [0, 0.05) is 22.1 Å². The number of fused-ring (bicyclic) bond motifs is 2. The zero-order valence-corrected chi connectivity index (χ0v) is 23.7. The number of amides is 2. The highest BCUT2D eigenvalue weighted by Gasteiger charge is 2.17. The molecule has 0 spiro atoms. The number of para-hydroxylation sites is 2. The molecule has 3 aromatic carbocycles. The summed E-state index contributed by atoms with van der Waals surface area (Å²) in [7, 11) is 0. The average Bonchev–Trinajstić information content (AvgIpc) is 3.76. The van der Waals surface area contributed by atoms with Crippen LogP contribution in [0, 0.1) is 0 Å². The van der Waals surface area contributed by atoms with Gasteiger partial charge in [0.25, 0.3) is 11.8 Å². The third kappa shape index (κ3) is 5.05. The Morgan fingerprint density at radius 2 is 1.00 bits per heavy atom. The fraction of sp³-hybridized carbons (Fsp3) is 0. The van der Waals surface area contributed by atoms with Crippen molar-refractivity contribution < 1.29 is 9.59 Å². The number of benzene rings is 3. The van der Waals surface area contributed by atoms with Crippen LogP contribution < -0.4 is 10.6 Å². The first-order chi connectivity index (χ1) is 20.6. The van der Waals surface area contributed by atoms with Crippen LogP contribution >= 0.6 is 22.7 Å². The fourth-order valence-corrected chi connectivity index (χ4v) is 6.27. The molecule has 7 rings (SSSR count). The molecule has 0 radical (unpaired) electrons. The Bertz CT molecular complexity index is 1940. The second-order valence-corrected chi connectivity index (χ2v) is 11.5. The van der Waals surface area contributed by atoms with Crippen molar-refractivity contribution in [2.24, 2.45) is 0 Å². The molecule has 0 aliphatic carbocycles. The van der Waals surface area contributed by atoms with Crippen LogP contribution in [0.5, 0.6) is 0 Å². The maximum absolute atomic E-state index is 13.6. The number of thiophene rings is 2. The molecular weight excluding hydrogens is 561 g/mol. The van der Waals surface area contributed by atoms with Gasteiger partial charge < -0.3 is 10.6 Å². The lowest BCUT2D eigenvalue weighted by Crippen LogP contribution is -2.15. The summed E-state index contributed by atoms with van der Waals surface area (Å²) in [6.07, 6.45) is 0. The first-order valence-corrected chi connectivity index (χ1v) is 15.0. The van der Waals surface area contributed by atoms with Gasteiger partial charge in [-0.15, -0.1) is 22.7 Å². The highest BCUT2D eigenvalue weighted by Crippen LogP contribution is 2.30. The quantitative estimate of drug-likeness (QED) is 0.205. The van der Waals surface area contributed by atoms with Crippen LogP contribution in [0.25, 0.3) is 42.9 Å². The number of nitrogens with one attached hydrogen (secondary N) is 2. The van der Waals surface area contributed by atoms with E-state index in [0.717, 1.165) is 42.9 Å². The molecular formula is C34H22N4O2S2. The SMILES string of the molecule is O=C(Nc1cccc(NC(=O)c2cc(-c3cccs3)nc3ccccc23)c1)c1cc(-c2cccs2)nc2ccccc12. The molecule has 0 saturated heterocycles. The third-order valence-corrected chi connectivity index (χ3v) is 8.63. The van der Waals surface area contributed by atoms with E-state index >= 15 is 0 Å². The lowest BCUT2D eigenvalue weighted by Gasteiger charge is -2.12. The normalized spacial score (nSPS) is 11.0. The van der Waals surface area contributed by atoms with Gasteiger partial charge in [0.15, 0.2) is 0 Å². The highest BCUT2D eigenvalue weighted by atomic mass is 32.1. The van der Waals surface area contributed by atoms with Crippen molar-refractivity contribution in [2.75, 3.05) is 10.6 Å². The smallest absolute Gasteiger partial charge is 0.256 e. The number of nitrogens with zero attached hydrogens (tertiary/aromatic N) is 2. The van der Waals surface area contributed by atoms with Crippen molar-refractivity contribution in [3.05, 3.63) is 131 Å². The van der Waals surface area contributed by atoms with Crippen LogP contribution in [0.15, 0.2) is 120 Å². The lowest BCUT2D eigenvalue weighted by molar-refractivity contribution is 0.102. The summed E-state index contributed by atoms with van der Waals surface area (Å²) in [5.41, 5.74) is 5.20. The number of carbonyl (C=O) groups excluding carboxylic acids is 2. The van der Waals surface area contributed by atoms with Crippen molar-refractivity contribution in [1.29, 1.82) is 0 Å². The molecule has 0 fully saturated rings. The lowest BCUT2D eigenvalue weighted by atomic mass is 10.1. The van der Waals surface area contributed by atoms with Crippen molar-refractivity contribution in [3.8, 4) is 21.1 Å². The van der Waals surface area contributed by atoms with Crippen LogP contribution in [0.3, 0.4) is 0 Å². The van der Waals surface area contributed by atoms with E-state index in [9.17, 15) is 9.59 Å². The summed E-state index contributed by atoms with van der Waals surface area (Å²) >= 11 is 3.16. The van der Waals surface area contributed by atoms with Crippen molar-refractivity contribution in [3.63, 3.8) is 0 Å². The predicted octanol–water partition coefficient (Wildman–Crippen LogP) is 8.74. The second kappa shape index (κ2) is 11.0. The van der Waals surface area contributed by atoms with Gasteiger partial charge in [-0.25, -0.2) is 9.97 Å². The van der Waals surface area contributed by atoms with Gasteiger partial charge in [-0.1, -0.05) is 54.6 Å². The summed E-state index contributed by atoms with van der Waals surface area (Å²) < 4.78 is 0. The highest BCUT2D eigenvalue weighted by molar-refractivity contribution is 7.13. The molecule has 0 unspecified atom stereocenters. The number of hydrogen-bond acceptors (Lipinski definition) is 6. The topological polar surface area (TPSA) is 84.0 Å². The molecule has 7 aromatic rings. The molecule has 2 amide bonds. The van der Waals surface area contributed by atoms with E-state index in [2.05, 4.69) is 10.6 Å². The predicted molar refractivity (Wildman–Crippen MR) is 172 cm³/mol. The van der Waals surface area contributed by atoms with E-state index in [1.54, 1.807) is 46.9 Å². The molecule has 4 heterocycles. The van der Waals surface area contributed by atoms with Crippen LogP contribution in [0.2, 0.25) is 0 Å². The van der Waals surface area contributed by atoms with Crippen LogP contribution in [-0.2, 0) is 0 Å². The minimum Gasteiger partial charge on any atom is -0.322 e. The van der Waals surface area contributed by atoms with Gasteiger partial charge in [-0.05, 0) is 65.4 Å². The van der Waals surface area contributed by atoms with E-state index in [-0.39, 0.29) is 11.8 Å². The second-order valence-electron chi connectivity index (χ2n) is 9.59. The molecule has 2 N–H and O–H groups in total. The van der Waals surface area contributed by atoms with E-state index in [0.29, 0.717) is 22.5 Å². The van der Waals surface area contributed by atoms with Gasteiger partial charge >= 0.3 is 0 Å². The molecule has 8 heteroatoms. The van der Waals surface area contributed by atoms with Gasteiger partial charge in [-0.2, -0.15) is 0 Å². The van der Waals surface area contributed by atoms with Crippen molar-refractivity contribution in [2.45, 2.75) is 0 Å². The maximum atomic E-state index is 13.6. The summed E-state index contributed by atoms with van der Waals surface area (Å²) in [4.78, 5) is 38.7. The summed E-state index contributed by atoms with van der Waals surface area (Å²) in [5.74, 6) is -0.508. The molecule has 0 atom stereocenters. The number of anilines is 2. The van der Waals surface area contributed by atoms with Gasteiger partial charge in [0.2, 0.25) is 0 Å². The first-order valence-electron chi connectivity index (χ1n) is 13.2. The fourth-order valence-electron chi connectivity index (χ4n) is 4.90. The average molecular weight is 583 g/mol. The summed E-state index contributed by atoms with van der Waals surface area (Å²) in [5, 5.41) is 11.5. The van der Waals surface area contributed by atoms with E-state index in [4.69, 9.17) is 9.97 Å². The molecule has 4 aromatic heterocycles. The molecule has 42 heavy (non-hydrogen) atoms. The third-order valence-electron chi connectivity index (χ3n) is 6.85. The van der Waals surface area contributed by atoms with Crippen LogP contribution in [-0.4, -0.2) is 21.8 Å². The summed E-state index contributed by atoms with van der Waals surface area (Å²) in [6, 6.07) is 34.0.